The van der Waals surface area contributed by atoms with Crippen LogP contribution in [0.5, 0.6) is 5.75 Å². The minimum Gasteiger partial charge on any atom is -0.493 e. The van der Waals surface area contributed by atoms with Gasteiger partial charge in [-0.25, -0.2) is 13.2 Å². The van der Waals surface area contributed by atoms with Gasteiger partial charge in [0.25, 0.3) is 0 Å². The minimum atomic E-state index is -3.17. The molecule has 1 aliphatic heterocycles. The Labute approximate surface area is 192 Å². The number of hydrogen-bond acceptors (Lipinski definition) is 5. The number of rotatable bonds is 12. The maximum atomic E-state index is 12.6. The van der Waals surface area contributed by atoms with Crippen molar-refractivity contribution in [2.24, 2.45) is 5.92 Å². The fraction of sp³-hybridized carbons (Fsp3) is 0.636. The van der Waals surface area contributed by atoms with E-state index in [2.05, 4.69) is 5.32 Å². The fourth-order valence-electron chi connectivity index (χ4n) is 3.60. The van der Waals surface area contributed by atoms with Gasteiger partial charge in [-0.2, -0.15) is 13.5 Å². The molecular formula is C22H34N2O5S2. The zero-order valence-electron chi connectivity index (χ0n) is 18.4. The molecule has 1 aliphatic carbocycles. The maximum absolute atomic E-state index is 12.6. The van der Waals surface area contributed by atoms with Crippen molar-refractivity contribution in [2.75, 3.05) is 31.2 Å². The number of sulfone groups is 1. The van der Waals surface area contributed by atoms with Crippen molar-refractivity contribution in [3.63, 3.8) is 0 Å². The van der Waals surface area contributed by atoms with E-state index in [0.29, 0.717) is 31.7 Å². The monoisotopic (exact) mass is 470 g/mol. The molecule has 1 saturated heterocycles. The lowest BCUT2D eigenvalue weighted by Gasteiger charge is -2.16. The highest BCUT2D eigenvalue weighted by Gasteiger charge is 2.26. The summed E-state index contributed by atoms with van der Waals surface area (Å²) in [5.41, 5.74) is 2.06. The third-order valence-electron chi connectivity index (χ3n) is 5.71. The number of nitrogens with one attached hydrogen (secondary N) is 1. The van der Waals surface area contributed by atoms with Gasteiger partial charge < -0.3 is 9.64 Å². The van der Waals surface area contributed by atoms with Gasteiger partial charge in [0.2, 0.25) is 5.91 Å². The predicted octanol–water partition coefficient (Wildman–Crippen LogP) is 3.14. The molecule has 3 amide bonds. The Balaban J connectivity index is 0.00000341. The van der Waals surface area contributed by atoms with E-state index in [4.69, 9.17) is 4.74 Å². The molecule has 1 N–H and O–H groups in total. The van der Waals surface area contributed by atoms with Crippen molar-refractivity contribution in [1.29, 1.82) is 0 Å². The first kappa shape index (κ1) is 25.5. The third-order valence-corrected chi connectivity index (χ3v) is 7.63. The Morgan fingerprint density at radius 1 is 1.19 bits per heavy atom. The van der Waals surface area contributed by atoms with Crippen LogP contribution in [-0.2, 0) is 14.6 Å². The summed E-state index contributed by atoms with van der Waals surface area (Å²) in [5.74, 6) is 1.40. The van der Waals surface area contributed by atoms with Crippen LogP contribution in [0.4, 0.5) is 4.79 Å². The Morgan fingerprint density at radius 2 is 1.94 bits per heavy atom. The number of benzene rings is 1. The molecule has 3 rings (SSSR count). The van der Waals surface area contributed by atoms with Gasteiger partial charge in [0.05, 0.1) is 18.1 Å². The molecule has 1 heterocycles. The highest BCUT2D eigenvalue weighted by atomic mass is 32.2. The second-order valence-corrected chi connectivity index (χ2v) is 10.9. The van der Waals surface area contributed by atoms with Crippen LogP contribution in [0, 0.1) is 12.8 Å². The largest absolute Gasteiger partial charge is 0.493 e. The Kier molecular flexibility index (Phi) is 9.24. The first-order valence-electron chi connectivity index (χ1n) is 10.8. The van der Waals surface area contributed by atoms with Crippen molar-refractivity contribution in [2.45, 2.75) is 51.9 Å². The van der Waals surface area contributed by atoms with E-state index >= 15 is 0 Å². The number of imide groups is 1. The van der Waals surface area contributed by atoms with Crippen LogP contribution in [-0.4, -0.2) is 56.5 Å². The molecule has 31 heavy (non-hydrogen) atoms. The highest BCUT2D eigenvalue weighted by molar-refractivity contribution is 7.91. The molecule has 9 heteroatoms. The first-order valence-corrected chi connectivity index (χ1v) is 12.6. The number of carbonyl (C=O) groups is 2. The number of ether oxygens (including phenoxy) is 1. The smallest absolute Gasteiger partial charge is 0.324 e. The fourth-order valence-corrected chi connectivity index (χ4v) is 5.36. The number of hydrogen-bond donors (Lipinski definition) is 1. The summed E-state index contributed by atoms with van der Waals surface area (Å²) in [7, 11) is -3.17. The Hall–Kier alpha value is -1.74. The second kappa shape index (κ2) is 11.2. The van der Waals surface area contributed by atoms with E-state index in [1.807, 2.05) is 32.0 Å². The Morgan fingerprint density at radius 3 is 2.58 bits per heavy atom. The van der Waals surface area contributed by atoms with E-state index < -0.39 is 9.84 Å². The number of amides is 3. The van der Waals surface area contributed by atoms with Crippen LogP contribution in [0.3, 0.4) is 0 Å². The second-order valence-electron chi connectivity index (χ2n) is 8.63. The van der Waals surface area contributed by atoms with Crippen LogP contribution in [0.25, 0.3) is 0 Å². The van der Waals surface area contributed by atoms with Crippen molar-refractivity contribution >= 4 is 35.3 Å². The molecule has 7 nitrogen and oxygen atoms in total. The zero-order valence-corrected chi connectivity index (χ0v) is 20.2. The SMILES string of the molecule is Cc1ccc([C@H](C)CS(=O)(=O)CCCCCN2CC(=O)NC2=O)cc1OCC1CC1.S. The predicted molar refractivity (Wildman–Crippen MR) is 126 cm³/mol. The van der Waals surface area contributed by atoms with Gasteiger partial charge in [-0.15, -0.1) is 0 Å². The number of urea groups is 1. The quantitative estimate of drug-likeness (QED) is 0.374. The molecule has 1 aromatic carbocycles. The Bertz CT molecular complexity index is 884. The van der Waals surface area contributed by atoms with Crippen molar-refractivity contribution in [3.05, 3.63) is 29.3 Å². The van der Waals surface area contributed by atoms with Crippen molar-refractivity contribution < 1.29 is 22.7 Å². The topological polar surface area (TPSA) is 92.8 Å². The van der Waals surface area contributed by atoms with Crippen LogP contribution in [0.1, 0.15) is 56.1 Å². The summed E-state index contributed by atoms with van der Waals surface area (Å²) in [4.78, 5) is 24.1. The summed E-state index contributed by atoms with van der Waals surface area (Å²) in [6.07, 6.45) is 4.41. The molecule has 174 valence electrons. The van der Waals surface area contributed by atoms with Crippen molar-refractivity contribution in [1.82, 2.24) is 10.2 Å². The normalized spacial score (nSPS) is 17.3. The van der Waals surface area contributed by atoms with Gasteiger partial charge in [-0.3, -0.25) is 10.1 Å². The maximum Gasteiger partial charge on any atom is 0.324 e. The molecule has 0 bridgehead atoms. The van der Waals surface area contributed by atoms with E-state index in [1.54, 1.807) is 0 Å². The van der Waals surface area contributed by atoms with Gasteiger partial charge in [0.1, 0.15) is 12.3 Å². The molecule has 1 atom stereocenters. The molecule has 1 saturated carbocycles. The standard InChI is InChI=1S/C22H32N2O5S.H2S/c1-16-6-9-19(12-20(16)29-14-18-7-8-18)17(2)15-30(27,28)11-5-3-4-10-24-13-21(25)23-22(24)26;/h6,9,12,17-18H,3-5,7-8,10-11,13-15H2,1-2H3,(H,23,25,26);1H2/t17-;/m1./s1. The highest BCUT2D eigenvalue weighted by Crippen LogP contribution is 2.31. The molecule has 2 aliphatic rings. The molecule has 0 radical (unpaired) electrons. The lowest BCUT2D eigenvalue weighted by atomic mass is 10.0. The average molecular weight is 471 g/mol. The molecule has 2 fully saturated rings. The van der Waals surface area contributed by atoms with Gasteiger partial charge in [0, 0.05) is 6.54 Å². The van der Waals surface area contributed by atoms with E-state index in [1.165, 1.54) is 17.7 Å². The zero-order chi connectivity index (χ0) is 21.7. The van der Waals surface area contributed by atoms with Crippen LogP contribution in [0.15, 0.2) is 18.2 Å². The van der Waals surface area contributed by atoms with Crippen molar-refractivity contribution in [3.8, 4) is 5.75 Å². The van der Waals surface area contributed by atoms with Gasteiger partial charge in [-0.1, -0.05) is 25.5 Å². The van der Waals surface area contributed by atoms with E-state index in [-0.39, 0.29) is 49.4 Å². The van der Waals surface area contributed by atoms with Crippen LogP contribution >= 0.6 is 13.5 Å². The van der Waals surface area contributed by atoms with E-state index in [9.17, 15) is 18.0 Å². The number of carbonyl (C=O) groups excluding carboxylic acids is 2. The minimum absolute atomic E-state index is 0. The molecule has 0 unspecified atom stereocenters. The molecule has 1 aromatic rings. The summed E-state index contributed by atoms with van der Waals surface area (Å²) in [6, 6.07) is 5.61. The molecule has 0 spiro atoms. The van der Waals surface area contributed by atoms with Gasteiger partial charge in [0.15, 0.2) is 9.84 Å². The van der Waals surface area contributed by atoms with E-state index in [0.717, 1.165) is 23.5 Å². The number of unbranched alkanes of at least 4 members (excludes halogenated alkanes) is 2. The number of aryl methyl sites for hydroxylation is 1. The molecule has 0 aromatic heterocycles. The number of nitrogens with zero attached hydrogens (tertiary/aromatic N) is 1. The van der Waals surface area contributed by atoms with Crippen LogP contribution < -0.4 is 10.1 Å². The van der Waals surface area contributed by atoms with Crippen LogP contribution in [0.2, 0.25) is 0 Å². The summed E-state index contributed by atoms with van der Waals surface area (Å²) < 4.78 is 31.0. The lowest BCUT2D eigenvalue weighted by molar-refractivity contribution is -0.118. The van der Waals surface area contributed by atoms with Gasteiger partial charge >= 0.3 is 6.03 Å². The summed E-state index contributed by atoms with van der Waals surface area (Å²) >= 11 is 0. The summed E-state index contributed by atoms with van der Waals surface area (Å²) in [6.45, 7) is 5.26. The molecular weight excluding hydrogens is 436 g/mol. The lowest BCUT2D eigenvalue weighted by Crippen LogP contribution is -2.29. The average Bonchev–Trinajstić information content (AvgIpc) is 3.44. The summed E-state index contributed by atoms with van der Waals surface area (Å²) in [5, 5.41) is 2.24. The van der Waals surface area contributed by atoms with Gasteiger partial charge in [-0.05, 0) is 61.6 Å². The first-order chi connectivity index (χ1) is 14.2. The third kappa shape index (κ3) is 8.03.